The van der Waals surface area contributed by atoms with Gasteiger partial charge in [-0.05, 0) is 77.2 Å². The second kappa shape index (κ2) is 13.4. The number of alkyl carbamates (subject to hydrolysis) is 1. The molecular formula is C27H42N4O6S. The molecule has 1 aliphatic heterocycles. The van der Waals surface area contributed by atoms with Gasteiger partial charge in [0.1, 0.15) is 11.6 Å². The summed E-state index contributed by atoms with van der Waals surface area (Å²) in [6.07, 6.45) is 4.78. The Morgan fingerprint density at radius 3 is 2.37 bits per heavy atom. The van der Waals surface area contributed by atoms with Gasteiger partial charge in [-0.15, -0.1) is 0 Å². The normalized spacial score (nSPS) is 22.9. The largest absolute Gasteiger partial charge is 0.444 e. The molecule has 0 unspecified atom stereocenters. The van der Waals surface area contributed by atoms with Crippen LogP contribution in [0.15, 0.2) is 30.3 Å². The van der Waals surface area contributed by atoms with Crippen molar-refractivity contribution in [1.29, 1.82) is 0 Å². The minimum atomic E-state index is -3.71. The maximum Gasteiger partial charge on any atom is 0.407 e. The van der Waals surface area contributed by atoms with Crippen molar-refractivity contribution in [2.24, 2.45) is 5.92 Å². The van der Waals surface area contributed by atoms with Gasteiger partial charge in [0.05, 0.1) is 12.3 Å². The molecule has 1 saturated carbocycles. The van der Waals surface area contributed by atoms with Crippen LogP contribution in [-0.2, 0) is 30.1 Å². The number of hydrogen-bond acceptors (Lipinski definition) is 6. The molecular weight excluding hydrogens is 508 g/mol. The predicted octanol–water partition coefficient (Wildman–Crippen LogP) is 2.69. The van der Waals surface area contributed by atoms with E-state index >= 15 is 0 Å². The van der Waals surface area contributed by atoms with Crippen LogP contribution in [0.3, 0.4) is 0 Å². The maximum atomic E-state index is 13.1. The molecule has 3 N–H and O–H groups in total. The molecule has 3 rings (SSSR count). The highest BCUT2D eigenvalue weighted by Gasteiger charge is 2.32. The van der Waals surface area contributed by atoms with Crippen molar-refractivity contribution < 1.29 is 27.5 Å². The molecule has 10 nitrogen and oxygen atoms in total. The third-order valence-corrected chi connectivity index (χ3v) is 8.15. The minimum Gasteiger partial charge on any atom is -0.444 e. The molecule has 212 valence electrons. The van der Waals surface area contributed by atoms with E-state index in [0.29, 0.717) is 43.8 Å². The first-order valence-corrected chi connectivity index (χ1v) is 15.1. The Kier molecular flexibility index (Phi) is 10.6. The first kappa shape index (κ1) is 29.9. The summed E-state index contributed by atoms with van der Waals surface area (Å²) in [6.45, 7) is 6.32. The predicted molar refractivity (Wildman–Crippen MR) is 145 cm³/mol. The summed E-state index contributed by atoms with van der Waals surface area (Å²) >= 11 is 0. The first-order valence-electron chi connectivity index (χ1n) is 13.5. The second-order valence-corrected chi connectivity index (χ2v) is 13.1. The lowest BCUT2D eigenvalue weighted by Crippen LogP contribution is -2.50. The second-order valence-electron chi connectivity index (χ2n) is 11.3. The van der Waals surface area contributed by atoms with Crippen LogP contribution in [0.2, 0.25) is 0 Å². The van der Waals surface area contributed by atoms with E-state index in [1.54, 1.807) is 24.3 Å². The lowest BCUT2D eigenvalue weighted by atomic mass is 9.86. The van der Waals surface area contributed by atoms with Crippen LogP contribution >= 0.6 is 0 Å². The SMILES string of the molecule is CC(C)(C)OC(=O)NC1CCC(CNC(=O)CN2CCCC[C@H](NS(=O)(=O)Cc3ccccc3)C2=O)CC1. The zero-order valence-electron chi connectivity index (χ0n) is 22.7. The lowest BCUT2D eigenvalue weighted by molar-refractivity contribution is -0.137. The van der Waals surface area contributed by atoms with E-state index in [4.69, 9.17) is 4.74 Å². The van der Waals surface area contributed by atoms with Crippen LogP contribution < -0.4 is 15.4 Å². The van der Waals surface area contributed by atoms with E-state index in [2.05, 4.69) is 15.4 Å². The van der Waals surface area contributed by atoms with Crippen molar-refractivity contribution in [2.45, 2.75) is 89.2 Å². The Morgan fingerprint density at radius 2 is 1.71 bits per heavy atom. The zero-order chi connectivity index (χ0) is 27.8. The Balaban J connectivity index is 1.42. The van der Waals surface area contributed by atoms with Gasteiger partial charge in [-0.2, -0.15) is 0 Å². The van der Waals surface area contributed by atoms with Crippen molar-refractivity contribution in [3.63, 3.8) is 0 Å². The number of sulfonamides is 1. The van der Waals surface area contributed by atoms with E-state index in [9.17, 15) is 22.8 Å². The maximum absolute atomic E-state index is 13.1. The highest BCUT2D eigenvalue weighted by molar-refractivity contribution is 7.88. The fourth-order valence-electron chi connectivity index (χ4n) is 4.90. The molecule has 11 heteroatoms. The van der Waals surface area contributed by atoms with Crippen LogP contribution in [0.1, 0.15) is 71.3 Å². The number of nitrogens with zero attached hydrogens (tertiary/aromatic N) is 1. The molecule has 0 bridgehead atoms. The summed E-state index contributed by atoms with van der Waals surface area (Å²) in [6, 6.07) is 8.02. The van der Waals surface area contributed by atoms with Crippen LogP contribution in [0.5, 0.6) is 0 Å². The lowest BCUT2D eigenvalue weighted by Gasteiger charge is -2.30. The summed E-state index contributed by atoms with van der Waals surface area (Å²) in [7, 11) is -3.71. The number of likely N-dealkylation sites (tertiary alicyclic amines) is 1. The highest BCUT2D eigenvalue weighted by atomic mass is 32.2. The van der Waals surface area contributed by atoms with E-state index in [-0.39, 0.29) is 30.2 Å². The van der Waals surface area contributed by atoms with Crippen LogP contribution in [0.25, 0.3) is 0 Å². The molecule has 0 radical (unpaired) electrons. The van der Waals surface area contributed by atoms with Gasteiger partial charge in [-0.3, -0.25) is 9.59 Å². The number of carbonyl (C=O) groups excluding carboxylic acids is 3. The third-order valence-electron chi connectivity index (χ3n) is 6.79. The van der Waals surface area contributed by atoms with E-state index in [0.717, 1.165) is 25.7 Å². The molecule has 1 aromatic carbocycles. The van der Waals surface area contributed by atoms with Crippen molar-refractivity contribution >= 4 is 27.9 Å². The summed E-state index contributed by atoms with van der Waals surface area (Å²) in [5, 5.41) is 5.86. The van der Waals surface area contributed by atoms with Gasteiger partial charge < -0.3 is 20.3 Å². The number of rotatable bonds is 9. The summed E-state index contributed by atoms with van der Waals surface area (Å²) in [4.78, 5) is 39.2. The highest BCUT2D eigenvalue weighted by Crippen LogP contribution is 2.24. The van der Waals surface area contributed by atoms with Gasteiger partial charge in [0.2, 0.25) is 21.8 Å². The van der Waals surface area contributed by atoms with Crippen LogP contribution in [0.4, 0.5) is 4.79 Å². The molecule has 0 spiro atoms. The average molecular weight is 551 g/mol. The van der Waals surface area contributed by atoms with Crippen LogP contribution in [0, 0.1) is 5.92 Å². The smallest absolute Gasteiger partial charge is 0.407 e. The van der Waals surface area contributed by atoms with Crippen molar-refractivity contribution in [1.82, 2.24) is 20.3 Å². The van der Waals surface area contributed by atoms with E-state index in [1.807, 2.05) is 26.8 Å². The van der Waals surface area contributed by atoms with Crippen LogP contribution in [-0.4, -0.2) is 68.5 Å². The number of nitrogens with one attached hydrogen (secondary N) is 3. The molecule has 1 aromatic rings. The van der Waals surface area contributed by atoms with Gasteiger partial charge in [0.15, 0.2) is 0 Å². The molecule has 2 fully saturated rings. The van der Waals surface area contributed by atoms with Crippen molar-refractivity contribution in [2.75, 3.05) is 19.6 Å². The topological polar surface area (TPSA) is 134 Å². The van der Waals surface area contributed by atoms with Gasteiger partial charge in [0.25, 0.3) is 0 Å². The molecule has 2 aliphatic rings. The third kappa shape index (κ3) is 10.2. The number of benzene rings is 1. The quantitative estimate of drug-likeness (QED) is 0.433. The zero-order valence-corrected chi connectivity index (χ0v) is 23.5. The van der Waals surface area contributed by atoms with Gasteiger partial charge in [-0.1, -0.05) is 30.3 Å². The number of amides is 3. The van der Waals surface area contributed by atoms with E-state index in [1.165, 1.54) is 4.90 Å². The minimum absolute atomic E-state index is 0.0640. The summed E-state index contributed by atoms with van der Waals surface area (Å²) < 4.78 is 33.2. The Morgan fingerprint density at radius 1 is 1.03 bits per heavy atom. The average Bonchev–Trinajstić information content (AvgIpc) is 2.99. The standard InChI is InChI=1S/C27H42N4O6S/c1-27(2,3)37-26(34)29-22-14-12-20(13-15-22)17-28-24(32)18-31-16-8-7-11-23(25(31)33)30-38(35,36)19-21-9-5-4-6-10-21/h4-6,9-10,20,22-23,30H,7-8,11-19H2,1-3H3,(H,28,32)(H,29,34)/t20?,22?,23-/m0/s1. The van der Waals surface area contributed by atoms with Gasteiger partial charge in [-0.25, -0.2) is 17.9 Å². The number of ether oxygens (including phenoxy) is 1. The monoisotopic (exact) mass is 550 g/mol. The Hall–Kier alpha value is -2.66. The van der Waals surface area contributed by atoms with Crippen molar-refractivity contribution in [3.8, 4) is 0 Å². The van der Waals surface area contributed by atoms with Crippen molar-refractivity contribution in [3.05, 3.63) is 35.9 Å². The number of hydrogen-bond donors (Lipinski definition) is 3. The Labute approximate surface area is 226 Å². The fraction of sp³-hybridized carbons (Fsp3) is 0.667. The fourth-order valence-corrected chi connectivity index (χ4v) is 6.26. The summed E-state index contributed by atoms with van der Waals surface area (Å²) in [5.41, 5.74) is 0.110. The van der Waals surface area contributed by atoms with E-state index < -0.39 is 27.8 Å². The first-order chi connectivity index (χ1) is 17.9. The molecule has 3 amide bonds. The van der Waals surface area contributed by atoms with Gasteiger partial charge >= 0.3 is 6.09 Å². The summed E-state index contributed by atoms with van der Waals surface area (Å²) in [5.74, 6) is -0.510. The molecule has 1 atom stereocenters. The molecule has 1 saturated heterocycles. The molecule has 0 aromatic heterocycles. The Bertz CT molecular complexity index is 1050. The molecule has 38 heavy (non-hydrogen) atoms. The number of carbonyl (C=O) groups is 3. The molecule has 1 aliphatic carbocycles. The molecule has 1 heterocycles. The van der Waals surface area contributed by atoms with Gasteiger partial charge in [0, 0.05) is 19.1 Å².